The van der Waals surface area contributed by atoms with Crippen LogP contribution in [0, 0.1) is 11.3 Å². The van der Waals surface area contributed by atoms with Gasteiger partial charge >= 0.3 is 0 Å². The Morgan fingerprint density at radius 2 is 1.90 bits per heavy atom. The number of likely N-dealkylation sites (tertiary alicyclic amines) is 2. The fourth-order valence-electron chi connectivity index (χ4n) is 3.31. The maximum atomic E-state index is 12.7. The van der Waals surface area contributed by atoms with Crippen LogP contribution in [0.15, 0.2) is 0 Å². The molecule has 5 heteroatoms. The van der Waals surface area contributed by atoms with Gasteiger partial charge in [-0.1, -0.05) is 20.8 Å². The molecule has 0 aliphatic carbocycles. The molecule has 5 nitrogen and oxygen atoms in total. The molecule has 120 valence electrons. The Morgan fingerprint density at radius 3 is 2.48 bits per heavy atom. The highest BCUT2D eigenvalue weighted by Crippen LogP contribution is 2.27. The van der Waals surface area contributed by atoms with Crippen molar-refractivity contribution in [3.05, 3.63) is 0 Å². The van der Waals surface area contributed by atoms with Crippen LogP contribution in [0.2, 0.25) is 0 Å². The lowest BCUT2D eigenvalue weighted by Crippen LogP contribution is -2.47. The number of nitrogens with two attached hydrogens (primary N) is 1. The van der Waals surface area contributed by atoms with Crippen molar-refractivity contribution in [2.24, 2.45) is 17.1 Å². The van der Waals surface area contributed by atoms with Crippen LogP contribution in [0.3, 0.4) is 0 Å². The van der Waals surface area contributed by atoms with E-state index in [9.17, 15) is 9.59 Å². The van der Waals surface area contributed by atoms with E-state index in [0.717, 1.165) is 38.9 Å². The van der Waals surface area contributed by atoms with E-state index in [-0.39, 0.29) is 23.3 Å². The highest BCUT2D eigenvalue weighted by molar-refractivity contribution is 5.88. The number of nitrogens with zero attached hydrogens (tertiary/aromatic N) is 2. The van der Waals surface area contributed by atoms with Gasteiger partial charge in [0.15, 0.2) is 0 Å². The third-order valence-electron chi connectivity index (χ3n) is 4.47. The minimum Gasteiger partial charge on any atom is -0.341 e. The zero-order valence-electron chi connectivity index (χ0n) is 13.6. The van der Waals surface area contributed by atoms with Gasteiger partial charge in [-0.25, -0.2) is 0 Å². The van der Waals surface area contributed by atoms with Crippen molar-refractivity contribution in [1.82, 2.24) is 9.80 Å². The molecule has 0 aromatic rings. The Labute approximate surface area is 127 Å². The summed E-state index contributed by atoms with van der Waals surface area (Å²) in [6.45, 7) is 9.09. The smallest absolute Gasteiger partial charge is 0.245 e. The first-order chi connectivity index (χ1) is 9.81. The Hall–Kier alpha value is -1.10. The quantitative estimate of drug-likeness (QED) is 0.851. The molecule has 21 heavy (non-hydrogen) atoms. The molecule has 2 atom stereocenters. The molecule has 2 unspecified atom stereocenters. The van der Waals surface area contributed by atoms with Gasteiger partial charge in [-0.3, -0.25) is 9.59 Å². The number of hydrogen-bond donors (Lipinski definition) is 1. The van der Waals surface area contributed by atoms with Crippen LogP contribution < -0.4 is 5.73 Å². The van der Waals surface area contributed by atoms with Gasteiger partial charge in [0, 0.05) is 26.1 Å². The molecule has 0 radical (unpaired) electrons. The summed E-state index contributed by atoms with van der Waals surface area (Å²) in [5, 5.41) is 0. The van der Waals surface area contributed by atoms with Crippen molar-refractivity contribution in [1.29, 1.82) is 0 Å². The summed E-state index contributed by atoms with van der Waals surface area (Å²) in [5.74, 6) is 0.674. The van der Waals surface area contributed by atoms with Crippen LogP contribution in [0.25, 0.3) is 0 Å². The summed E-state index contributed by atoms with van der Waals surface area (Å²) in [5.41, 5.74) is 5.66. The average molecular weight is 295 g/mol. The largest absolute Gasteiger partial charge is 0.341 e. The van der Waals surface area contributed by atoms with Crippen molar-refractivity contribution in [3.63, 3.8) is 0 Å². The van der Waals surface area contributed by atoms with Gasteiger partial charge in [-0.2, -0.15) is 0 Å². The zero-order valence-corrected chi connectivity index (χ0v) is 13.6. The second-order valence-corrected chi connectivity index (χ2v) is 7.66. The topological polar surface area (TPSA) is 66.6 Å². The Morgan fingerprint density at radius 1 is 1.19 bits per heavy atom. The highest BCUT2D eigenvalue weighted by atomic mass is 16.2. The molecule has 2 saturated heterocycles. The molecule has 2 heterocycles. The predicted octanol–water partition coefficient (Wildman–Crippen LogP) is 1.22. The molecular weight excluding hydrogens is 266 g/mol. The molecule has 2 N–H and O–H groups in total. The Balaban J connectivity index is 1.98. The van der Waals surface area contributed by atoms with E-state index in [1.807, 2.05) is 9.80 Å². The second-order valence-electron chi connectivity index (χ2n) is 7.66. The first-order valence-corrected chi connectivity index (χ1v) is 8.10. The number of carbonyl (C=O) groups is 2. The van der Waals surface area contributed by atoms with E-state index in [0.29, 0.717) is 18.9 Å². The summed E-state index contributed by atoms with van der Waals surface area (Å²) in [6, 6.07) is -0.239. The maximum absolute atomic E-state index is 12.7. The standard InChI is InChI=1S/C16H29N3O2/c1-16(2,3)9-14(20)19-7-4-5-13(19)15(21)18-8-6-12(10-17)11-18/h12-13H,4-11,17H2,1-3H3. The molecule has 0 aromatic carbocycles. The minimum atomic E-state index is -0.239. The van der Waals surface area contributed by atoms with Gasteiger partial charge in [0.05, 0.1) is 0 Å². The van der Waals surface area contributed by atoms with Crippen molar-refractivity contribution in [2.75, 3.05) is 26.2 Å². The molecular formula is C16H29N3O2. The number of hydrogen-bond acceptors (Lipinski definition) is 3. The Bertz CT molecular complexity index is 403. The molecule has 2 aliphatic heterocycles. The van der Waals surface area contributed by atoms with Gasteiger partial charge in [0.2, 0.25) is 11.8 Å². The van der Waals surface area contributed by atoms with Gasteiger partial charge in [-0.05, 0) is 37.1 Å². The van der Waals surface area contributed by atoms with E-state index >= 15 is 0 Å². The normalized spacial score (nSPS) is 26.5. The molecule has 2 rings (SSSR count). The summed E-state index contributed by atoms with van der Waals surface area (Å²) in [4.78, 5) is 28.8. The lowest BCUT2D eigenvalue weighted by Gasteiger charge is -2.30. The third-order valence-corrected chi connectivity index (χ3v) is 4.47. The molecule has 0 bridgehead atoms. The van der Waals surface area contributed by atoms with Crippen LogP contribution in [-0.4, -0.2) is 53.8 Å². The summed E-state index contributed by atoms with van der Waals surface area (Å²) in [7, 11) is 0. The number of rotatable bonds is 3. The second kappa shape index (κ2) is 6.34. The van der Waals surface area contributed by atoms with E-state index in [4.69, 9.17) is 5.73 Å². The van der Waals surface area contributed by atoms with E-state index in [1.165, 1.54) is 0 Å². The van der Waals surface area contributed by atoms with Crippen molar-refractivity contribution in [3.8, 4) is 0 Å². The van der Waals surface area contributed by atoms with Crippen LogP contribution in [0.5, 0.6) is 0 Å². The monoisotopic (exact) mass is 295 g/mol. The molecule has 0 aromatic heterocycles. The first kappa shape index (κ1) is 16.3. The van der Waals surface area contributed by atoms with E-state index < -0.39 is 0 Å². The zero-order chi connectivity index (χ0) is 15.6. The van der Waals surface area contributed by atoms with Gasteiger partial charge in [-0.15, -0.1) is 0 Å². The maximum Gasteiger partial charge on any atom is 0.245 e. The first-order valence-electron chi connectivity index (χ1n) is 8.10. The Kier molecular flexibility index (Phi) is 4.91. The predicted molar refractivity (Wildman–Crippen MR) is 82.5 cm³/mol. The fourth-order valence-corrected chi connectivity index (χ4v) is 3.31. The summed E-state index contributed by atoms with van der Waals surface area (Å²) >= 11 is 0. The minimum absolute atomic E-state index is 0.0362. The van der Waals surface area contributed by atoms with Crippen LogP contribution in [0.1, 0.15) is 46.5 Å². The molecule has 0 saturated carbocycles. The average Bonchev–Trinajstić information content (AvgIpc) is 3.05. The fraction of sp³-hybridized carbons (Fsp3) is 0.875. The lowest BCUT2D eigenvalue weighted by atomic mass is 9.91. The molecule has 2 fully saturated rings. The molecule has 0 spiro atoms. The van der Waals surface area contributed by atoms with Gasteiger partial charge in [0.25, 0.3) is 0 Å². The SMILES string of the molecule is CC(C)(C)CC(=O)N1CCCC1C(=O)N1CCC(CN)C1. The van der Waals surface area contributed by atoms with Gasteiger partial charge in [0.1, 0.15) is 6.04 Å². The highest BCUT2D eigenvalue weighted by Gasteiger charge is 2.39. The molecule has 2 amide bonds. The third kappa shape index (κ3) is 3.96. The van der Waals surface area contributed by atoms with Crippen molar-refractivity contribution in [2.45, 2.75) is 52.5 Å². The van der Waals surface area contributed by atoms with Crippen molar-refractivity contribution < 1.29 is 9.59 Å². The number of amides is 2. The van der Waals surface area contributed by atoms with Crippen LogP contribution in [0.4, 0.5) is 0 Å². The lowest BCUT2D eigenvalue weighted by molar-refractivity contribution is -0.144. The van der Waals surface area contributed by atoms with Crippen molar-refractivity contribution >= 4 is 11.8 Å². The summed E-state index contributed by atoms with van der Waals surface area (Å²) in [6.07, 6.45) is 3.23. The van der Waals surface area contributed by atoms with E-state index in [2.05, 4.69) is 20.8 Å². The summed E-state index contributed by atoms with van der Waals surface area (Å²) < 4.78 is 0. The van der Waals surface area contributed by atoms with E-state index in [1.54, 1.807) is 0 Å². The number of carbonyl (C=O) groups excluding carboxylic acids is 2. The molecule has 2 aliphatic rings. The van der Waals surface area contributed by atoms with Crippen LogP contribution in [-0.2, 0) is 9.59 Å². The van der Waals surface area contributed by atoms with Crippen LogP contribution >= 0.6 is 0 Å². The van der Waals surface area contributed by atoms with Gasteiger partial charge < -0.3 is 15.5 Å².